The molecule has 1 aromatic heterocycles. The highest BCUT2D eigenvalue weighted by atomic mass is 19.4. The van der Waals surface area contributed by atoms with Gasteiger partial charge in [-0.15, -0.1) is 0 Å². The van der Waals surface area contributed by atoms with Gasteiger partial charge in [0.05, 0.1) is 36.3 Å². The summed E-state index contributed by atoms with van der Waals surface area (Å²) >= 11 is 0. The summed E-state index contributed by atoms with van der Waals surface area (Å²) in [6.45, 7) is 3.49. The number of fused-ring (bicyclic) bond motifs is 1. The van der Waals surface area contributed by atoms with Gasteiger partial charge in [-0.25, -0.2) is 9.97 Å². The highest BCUT2D eigenvalue weighted by molar-refractivity contribution is 5.92. The Bertz CT molecular complexity index is 1560. The lowest BCUT2D eigenvalue weighted by Crippen LogP contribution is -2.23. The van der Waals surface area contributed by atoms with E-state index in [1.807, 2.05) is 36.4 Å². The standard InChI is InChI=1S/C29H31F3N6O2/c1-16(19-12-20(29(30,31)32)14-21(33)13-19)34-28-23-15-22(7-9-24(23)35-17(2)36-28)37-25-8-6-18(10-26(25)40-5)11-27(39)38(3)4/h6-10,12-16,37H,11,33H2,1-5H3,(H,34,35,36)/t16-/m1/s1. The molecule has 11 heteroatoms. The highest BCUT2D eigenvalue weighted by Gasteiger charge is 2.31. The first-order chi connectivity index (χ1) is 18.8. The molecule has 4 aromatic rings. The number of anilines is 4. The fourth-order valence-electron chi connectivity index (χ4n) is 4.25. The van der Waals surface area contributed by atoms with Crippen molar-refractivity contribution >= 4 is 39.7 Å². The zero-order chi connectivity index (χ0) is 29.2. The van der Waals surface area contributed by atoms with E-state index < -0.39 is 17.8 Å². The zero-order valence-electron chi connectivity index (χ0n) is 22.8. The number of nitrogens with one attached hydrogen (secondary N) is 2. The van der Waals surface area contributed by atoms with Gasteiger partial charge in [0.2, 0.25) is 5.91 Å². The van der Waals surface area contributed by atoms with Crippen molar-refractivity contribution in [2.45, 2.75) is 32.5 Å². The van der Waals surface area contributed by atoms with Gasteiger partial charge in [-0.2, -0.15) is 13.2 Å². The van der Waals surface area contributed by atoms with Gasteiger partial charge in [0.15, 0.2) is 0 Å². The summed E-state index contributed by atoms with van der Waals surface area (Å²) in [6, 6.07) is 14.0. The van der Waals surface area contributed by atoms with Crippen molar-refractivity contribution in [3.05, 3.63) is 77.1 Å². The van der Waals surface area contributed by atoms with Crippen LogP contribution >= 0.6 is 0 Å². The van der Waals surface area contributed by atoms with Crippen LogP contribution in [-0.4, -0.2) is 42.0 Å². The number of hydrogen-bond donors (Lipinski definition) is 3. The van der Waals surface area contributed by atoms with Gasteiger partial charge in [0.25, 0.3) is 0 Å². The first-order valence-corrected chi connectivity index (χ1v) is 12.5. The molecule has 8 nitrogen and oxygen atoms in total. The summed E-state index contributed by atoms with van der Waals surface area (Å²) in [5.74, 6) is 1.53. The van der Waals surface area contributed by atoms with Crippen molar-refractivity contribution in [3.8, 4) is 5.75 Å². The first-order valence-electron chi connectivity index (χ1n) is 12.5. The molecule has 0 aliphatic carbocycles. The molecular weight excluding hydrogens is 521 g/mol. The van der Waals surface area contributed by atoms with Crippen LogP contribution in [0.1, 0.15) is 35.5 Å². The predicted octanol–water partition coefficient (Wildman–Crippen LogP) is 6.10. The molecule has 0 aliphatic rings. The Morgan fingerprint density at radius 3 is 2.50 bits per heavy atom. The van der Waals surface area contributed by atoms with E-state index in [-0.39, 0.29) is 18.0 Å². The van der Waals surface area contributed by atoms with E-state index in [1.165, 1.54) is 11.0 Å². The second-order valence-electron chi connectivity index (χ2n) is 9.73. The van der Waals surface area contributed by atoms with E-state index in [2.05, 4.69) is 20.6 Å². The number of ether oxygens (including phenoxy) is 1. The fraction of sp³-hybridized carbons (Fsp3) is 0.276. The average molecular weight is 553 g/mol. The minimum atomic E-state index is -4.51. The molecule has 4 N–H and O–H groups in total. The third-order valence-electron chi connectivity index (χ3n) is 6.36. The van der Waals surface area contributed by atoms with Crippen molar-refractivity contribution in [1.29, 1.82) is 0 Å². The van der Waals surface area contributed by atoms with E-state index in [9.17, 15) is 18.0 Å². The Morgan fingerprint density at radius 1 is 1.07 bits per heavy atom. The Labute approximate surface area is 230 Å². The van der Waals surface area contributed by atoms with Crippen LogP contribution in [0, 0.1) is 6.92 Å². The molecule has 1 atom stereocenters. The largest absolute Gasteiger partial charge is 0.495 e. The number of halogens is 3. The molecule has 1 amide bonds. The van der Waals surface area contributed by atoms with Crippen LogP contribution in [0.3, 0.4) is 0 Å². The minimum absolute atomic E-state index is 0.0188. The van der Waals surface area contributed by atoms with Crippen LogP contribution in [-0.2, 0) is 17.4 Å². The number of benzene rings is 3. The zero-order valence-corrected chi connectivity index (χ0v) is 22.8. The second-order valence-corrected chi connectivity index (χ2v) is 9.73. The summed E-state index contributed by atoms with van der Waals surface area (Å²) < 4.78 is 45.6. The lowest BCUT2D eigenvalue weighted by atomic mass is 10.0. The Kier molecular flexibility index (Phi) is 8.03. The summed E-state index contributed by atoms with van der Waals surface area (Å²) in [7, 11) is 4.97. The van der Waals surface area contributed by atoms with E-state index in [0.717, 1.165) is 23.4 Å². The number of nitrogen functional groups attached to an aromatic ring is 1. The molecule has 0 radical (unpaired) electrons. The van der Waals surface area contributed by atoms with Gasteiger partial charge in [-0.3, -0.25) is 4.79 Å². The molecule has 210 valence electrons. The third-order valence-corrected chi connectivity index (χ3v) is 6.36. The SMILES string of the molecule is COc1cc(CC(=O)N(C)C)ccc1Nc1ccc2nc(C)nc(N[C@H](C)c3cc(N)cc(C(F)(F)F)c3)c2c1. The quantitative estimate of drug-likeness (QED) is 0.227. The topological polar surface area (TPSA) is 105 Å². The minimum Gasteiger partial charge on any atom is -0.495 e. The highest BCUT2D eigenvalue weighted by Crippen LogP contribution is 2.35. The van der Waals surface area contributed by atoms with Crippen molar-refractivity contribution < 1.29 is 22.7 Å². The molecular formula is C29H31F3N6O2. The maximum Gasteiger partial charge on any atom is 0.416 e. The van der Waals surface area contributed by atoms with Gasteiger partial charge in [0, 0.05) is 30.9 Å². The van der Waals surface area contributed by atoms with Crippen LogP contribution in [0.25, 0.3) is 10.9 Å². The fourth-order valence-corrected chi connectivity index (χ4v) is 4.25. The van der Waals surface area contributed by atoms with Gasteiger partial charge in [-0.1, -0.05) is 6.07 Å². The van der Waals surface area contributed by atoms with E-state index in [0.29, 0.717) is 39.5 Å². The second kappa shape index (κ2) is 11.3. The lowest BCUT2D eigenvalue weighted by Gasteiger charge is -2.19. The molecule has 3 aromatic carbocycles. The molecule has 0 saturated heterocycles. The van der Waals surface area contributed by atoms with Crippen molar-refractivity contribution in [1.82, 2.24) is 14.9 Å². The normalized spacial score (nSPS) is 12.2. The third kappa shape index (κ3) is 6.53. The van der Waals surface area contributed by atoms with E-state index >= 15 is 0 Å². The van der Waals surface area contributed by atoms with Crippen LogP contribution in [0.15, 0.2) is 54.6 Å². The molecule has 0 spiro atoms. The summed E-state index contributed by atoms with van der Waals surface area (Å²) in [6.07, 6.45) is -4.26. The van der Waals surface area contributed by atoms with Crippen molar-refractivity contribution in [3.63, 3.8) is 0 Å². The number of aryl methyl sites for hydroxylation is 1. The summed E-state index contributed by atoms with van der Waals surface area (Å²) in [5, 5.41) is 7.24. The average Bonchev–Trinajstić information content (AvgIpc) is 2.88. The number of aromatic nitrogens is 2. The number of amides is 1. The van der Waals surface area contributed by atoms with Crippen molar-refractivity contribution in [2.24, 2.45) is 0 Å². The molecule has 0 unspecified atom stereocenters. The van der Waals surface area contributed by atoms with Gasteiger partial charge < -0.3 is 26.0 Å². The van der Waals surface area contributed by atoms with Gasteiger partial charge >= 0.3 is 6.18 Å². The van der Waals surface area contributed by atoms with Crippen LogP contribution in [0.4, 0.5) is 36.1 Å². The first kappa shape index (κ1) is 28.5. The number of alkyl halides is 3. The van der Waals surface area contributed by atoms with Gasteiger partial charge in [0.1, 0.15) is 17.4 Å². The summed E-state index contributed by atoms with van der Waals surface area (Å²) in [4.78, 5) is 22.7. The number of hydrogen-bond acceptors (Lipinski definition) is 7. The maximum absolute atomic E-state index is 13.4. The molecule has 1 heterocycles. The number of rotatable bonds is 8. The Balaban J connectivity index is 1.64. The van der Waals surface area contributed by atoms with Crippen molar-refractivity contribution in [2.75, 3.05) is 37.6 Å². The van der Waals surface area contributed by atoms with Gasteiger partial charge in [-0.05, 0) is 73.5 Å². The molecule has 0 fully saturated rings. The number of methoxy groups -OCH3 is 1. The number of likely N-dealkylation sites (N-methyl/N-ethyl adjacent to an activating group) is 1. The molecule has 4 rings (SSSR count). The Hall–Kier alpha value is -4.54. The van der Waals surface area contributed by atoms with Crippen LogP contribution in [0.5, 0.6) is 5.75 Å². The van der Waals surface area contributed by atoms with Crippen LogP contribution < -0.4 is 21.1 Å². The van der Waals surface area contributed by atoms with E-state index in [4.69, 9.17) is 10.5 Å². The summed E-state index contributed by atoms with van der Waals surface area (Å²) in [5.41, 5.74) is 8.27. The number of nitrogens with two attached hydrogens (primary N) is 1. The Morgan fingerprint density at radius 2 is 1.82 bits per heavy atom. The number of carbonyl (C=O) groups excluding carboxylic acids is 1. The molecule has 40 heavy (non-hydrogen) atoms. The molecule has 0 aliphatic heterocycles. The van der Waals surface area contributed by atoms with E-state index in [1.54, 1.807) is 35.1 Å². The monoisotopic (exact) mass is 552 g/mol. The predicted molar refractivity (Wildman–Crippen MR) is 151 cm³/mol. The van der Waals surface area contributed by atoms with Crippen LogP contribution in [0.2, 0.25) is 0 Å². The molecule has 0 saturated carbocycles. The molecule has 0 bridgehead atoms. The number of nitrogens with zero attached hydrogens (tertiary/aromatic N) is 3. The lowest BCUT2D eigenvalue weighted by molar-refractivity contribution is -0.137. The smallest absolute Gasteiger partial charge is 0.416 e. The maximum atomic E-state index is 13.4. The number of carbonyl (C=O) groups is 1.